The highest BCUT2D eigenvalue weighted by atomic mass is 16.5. The molecule has 1 aliphatic rings. The molecule has 5 heteroatoms. The van der Waals surface area contributed by atoms with E-state index in [1.54, 1.807) is 16.6 Å². The summed E-state index contributed by atoms with van der Waals surface area (Å²) in [6, 6.07) is 9.86. The van der Waals surface area contributed by atoms with Gasteiger partial charge in [0.1, 0.15) is 6.73 Å². The number of carbonyl (C=O) groups excluding carboxylic acids is 1. The molecule has 1 saturated heterocycles. The highest BCUT2D eigenvalue weighted by Gasteiger charge is 2.23. The summed E-state index contributed by atoms with van der Waals surface area (Å²) in [4.78, 5) is 25.4. The third-order valence-electron chi connectivity index (χ3n) is 4.41. The maximum Gasteiger partial charge on any atom is 0.256 e. The lowest BCUT2D eigenvalue weighted by molar-refractivity contribution is -0.119. The van der Waals surface area contributed by atoms with Crippen LogP contribution in [0.25, 0.3) is 10.9 Å². The van der Waals surface area contributed by atoms with E-state index < -0.39 is 0 Å². The van der Waals surface area contributed by atoms with Crippen molar-refractivity contribution in [2.45, 2.75) is 25.5 Å². The van der Waals surface area contributed by atoms with E-state index in [2.05, 4.69) is 0 Å². The van der Waals surface area contributed by atoms with E-state index in [0.717, 1.165) is 35.7 Å². The number of nitrogens with zero attached hydrogens (tertiary/aromatic N) is 2. The van der Waals surface area contributed by atoms with Crippen molar-refractivity contribution in [3.8, 4) is 0 Å². The molecule has 1 fully saturated rings. The number of para-hydroxylation sites is 1. The van der Waals surface area contributed by atoms with Gasteiger partial charge >= 0.3 is 0 Å². The number of aromatic nitrogens is 1. The van der Waals surface area contributed by atoms with Gasteiger partial charge < -0.3 is 9.64 Å². The molecule has 3 rings (SSSR count). The van der Waals surface area contributed by atoms with E-state index in [0.29, 0.717) is 13.1 Å². The number of fused-ring (bicyclic) bond motifs is 1. The van der Waals surface area contributed by atoms with E-state index in [-0.39, 0.29) is 18.2 Å². The van der Waals surface area contributed by atoms with Crippen LogP contribution in [-0.2, 0) is 16.3 Å². The van der Waals surface area contributed by atoms with Crippen LogP contribution in [0.2, 0.25) is 0 Å². The number of methoxy groups -OCH3 is 1. The van der Waals surface area contributed by atoms with Crippen molar-refractivity contribution in [1.82, 2.24) is 9.47 Å². The largest absolute Gasteiger partial charge is 0.364 e. The molecule has 0 unspecified atom stereocenters. The molecule has 0 bridgehead atoms. The summed E-state index contributed by atoms with van der Waals surface area (Å²) in [5, 5.41) is 1.05. The molecule has 0 saturated carbocycles. The fourth-order valence-electron chi connectivity index (χ4n) is 3.22. The second-order valence-corrected chi connectivity index (χ2v) is 5.73. The molecule has 0 aliphatic carbocycles. The highest BCUT2D eigenvalue weighted by molar-refractivity contribution is 5.79. The van der Waals surface area contributed by atoms with Crippen LogP contribution < -0.4 is 5.56 Å². The topological polar surface area (TPSA) is 51.5 Å². The number of ether oxygens (including phenoxy) is 1. The Labute approximate surface area is 129 Å². The molecule has 116 valence electrons. The second-order valence-electron chi connectivity index (χ2n) is 5.73. The number of amides is 1. The van der Waals surface area contributed by atoms with Gasteiger partial charge in [0.2, 0.25) is 6.41 Å². The first-order valence-corrected chi connectivity index (χ1v) is 7.55. The minimum atomic E-state index is 0.0186. The minimum absolute atomic E-state index is 0.0186. The van der Waals surface area contributed by atoms with Crippen LogP contribution in [0.15, 0.2) is 35.1 Å². The molecule has 0 spiro atoms. The van der Waals surface area contributed by atoms with Gasteiger partial charge in [0.05, 0.1) is 5.52 Å². The number of likely N-dealkylation sites (tertiary alicyclic amines) is 1. The van der Waals surface area contributed by atoms with Crippen LogP contribution in [-0.4, -0.2) is 36.1 Å². The molecular formula is C17H20N2O3. The number of hydrogen-bond acceptors (Lipinski definition) is 3. The number of hydrogen-bond donors (Lipinski definition) is 0. The molecule has 22 heavy (non-hydrogen) atoms. The van der Waals surface area contributed by atoms with Crippen LogP contribution in [0.5, 0.6) is 0 Å². The molecule has 5 nitrogen and oxygen atoms in total. The molecule has 1 aromatic heterocycles. The lowest BCUT2D eigenvalue weighted by atomic mass is 9.89. The van der Waals surface area contributed by atoms with Crippen LogP contribution in [0.4, 0.5) is 0 Å². The fraction of sp³-hybridized carbons (Fsp3) is 0.412. The summed E-state index contributed by atoms with van der Waals surface area (Å²) in [7, 11) is 1.59. The Morgan fingerprint density at radius 2 is 2.00 bits per heavy atom. The highest BCUT2D eigenvalue weighted by Crippen LogP contribution is 2.27. The van der Waals surface area contributed by atoms with Gasteiger partial charge in [-0.2, -0.15) is 0 Å². The zero-order valence-corrected chi connectivity index (χ0v) is 12.7. The third-order valence-corrected chi connectivity index (χ3v) is 4.41. The van der Waals surface area contributed by atoms with Crippen molar-refractivity contribution in [3.05, 3.63) is 46.2 Å². The van der Waals surface area contributed by atoms with E-state index in [1.165, 1.54) is 0 Å². The standard InChI is InChI=1S/C17H20N2O3/c1-22-12-19-16-5-3-2-4-14(16)10-15(17(19)21)13-6-8-18(11-20)9-7-13/h2-5,10-11,13H,6-9,12H2,1H3. The number of pyridine rings is 1. The van der Waals surface area contributed by atoms with Crippen molar-refractivity contribution >= 4 is 17.3 Å². The van der Waals surface area contributed by atoms with Crippen molar-refractivity contribution in [1.29, 1.82) is 0 Å². The smallest absolute Gasteiger partial charge is 0.256 e. The molecule has 1 amide bonds. The van der Waals surface area contributed by atoms with E-state index in [4.69, 9.17) is 4.74 Å². The molecule has 2 heterocycles. The minimum Gasteiger partial charge on any atom is -0.364 e. The molecule has 0 atom stereocenters. The molecule has 2 aromatic rings. The SMILES string of the molecule is COCn1c(=O)c(C2CCN(C=O)CC2)cc2ccccc21. The lowest BCUT2D eigenvalue weighted by Gasteiger charge is -2.29. The Balaban J connectivity index is 2.04. The van der Waals surface area contributed by atoms with Crippen molar-refractivity contribution in [2.75, 3.05) is 20.2 Å². The summed E-state index contributed by atoms with van der Waals surface area (Å²) in [6.45, 7) is 1.68. The zero-order chi connectivity index (χ0) is 15.5. The molecule has 1 aromatic carbocycles. The Morgan fingerprint density at radius 3 is 2.68 bits per heavy atom. The van der Waals surface area contributed by atoms with Gasteiger partial charge in [-0.25, -0.2) is 0 Å². The zero-order valence-electron chi connectivity index (χ0n) is 12.7. The van der Waals surface area contributed by atoms with Crippen molar-refractivity contribution in [3.63, 3.8) is 0 Å². The normalized spacial score (nSPS) is 16.1. The van der Waals surface area contributed by atoms with Gasteiger partial charge in [-0.3, -0.25) is 14.2 Å². The molecule has 0 N–H and O–H groups in total. The summed E-state index contributed by atoms with van der Waals surface area (Å²) in [5.74, 6) is 0.205. The van der Waals surface area contributed by atoms with Crippen molar-refractivity contribution < 1.29 is 9.53 Å². The summed E-state index contributed by atoms with van der Waals surface area (Å²) >= 11 is 0. The summed E-state index contributed by atoms with van der Waals surface area (Å²) in [6.07, 6.45) is 2.55. The van der Waals surface area contributed by atoms with E-state index in [9.17, 15) is 9.59 Å². The van der Waals surface area contributed by atoms with E-state index in [1.807, 2.05) is 30.3 Å². The molecule has 1 aliphatic heterocycles. The molecule has 0 radical (unpaired) electrons. The van der Waals surface area contributed by atoms with E-state index >= 15 is 0 Å². The first-order chi connectivity index (χ1) is 10.7. The quantitative estimate of drug-likeness (QED) is 0.811. The van der Waals surface area contributed by atoms with Gasteiger partial charge in [0.25, 0.3) is 5.56 Å². The van der Waals surface area contributed by atoms with Gasteiger partial charge in [0.15, 0.2) is 0 Å². The Bertz CT molecular complexity index is 730. The predicted octanol–water partition coefficient (Wildman–Crippen LogP) is 1.94. The van der Waals surface area contributed by atoms with Gasteiger partial charge in [0, 0.05) is 25.8 Å². The third kappa shape index (κ3) is 2.64. The number of benzene rings is 1. The second kappa shape index (κ2) is 6.32. The Kier molecular flexibility index (Phi) is 4.24. The van der Waals surface area contributed by atoms with Crippen molar-refractivity contribution in [2.24, 2.45) is 0 Å². The van der Waals surface area contributed by atoms with Gasteiger partial charge in [-0.15, -0.1) is 0 Å². The van der Waals surface area contributed by atoms with Crippen LogP contribution in [0.1, 0.15) is 24.3 Å². The van der Waals surface area contributed by atoms with Crippen LogP contribution in [0.3, 0.4) is 0 Å². The maximum atomic E-state index is 12.8. The maximum absolute atomic E-state index is 12.8. The Morgan fingerprint density at radius 1 is 1.27 bits per heavy atom. The summed E-state index contributed by atoms with van der Waals surface area (Å²) in [5.41, 5.74) is 1.75. The van der Waals surface area contributed by atoms with Gasteiger partial charge in [-0.1, -0.05) is 18.2 Å². The molecular weight excluding hydrogens is 280 g/mol. The lowest BCUT2D eigenvalue weighted by Crippen LogP contribution is -2.34. The summed E-state index contributed by atoms with van der Waals surface area (Å²) < 4.78 is 6.89. The van der Waals surface area contributed by atoms with Crippen LogP contribution in [0, 0.1) is 0 Å². The number of piperidine rings is 1. The Hall–Kier alpha value is -2.14. The predicted molar refractivity (Wildman–Crippen MR) is 84.8 cm³/mol. The first kappa shape index (κ1) is 14.8. The monoisotopic (exact) mass is 300 g/mol. The fourth-order valence-corrected chi connectivity index (χ4v) is 3.22. The van der Waals surface area contributed by atoms with Gasteiger partial charge in [-0.05, 0) is 36.3 Å². The van der Waals surface area contributed by atoms with Crippen LogP contribution >= 0.6 is 0 Å². The average Bonchev–Trinajstić information content (AvgIpc) is 2.57. The number of rotatable bonds is 4. The average molecular weight is 300 g/mol. The number of carbonyl (C=O) groups is 1. The first-order valence-electron chi connectivity index (χ1n) is 7.55.